The fraction of sp³-hybridized carbons (Fsp3) is 0. The first-order valence-corrected chi connectivity index (χ1v) is 2.19. The van der Waals surface area contributed by atoms with Crippen LogP contribution in [-0.4, -0.2) is 7.00 Å². The molecular formula is C2H4BNP. The topological polar surface area (TPSA) is 23.9 Å². The average Bonchev–Trinajstić information content (AvgIpc) is 1.41. The van der Waals surface area contributed by atoms with Gasteiger partial charge in [0.25, 0.3) is 0 Å². The van der Waals surface area contributed by atoms with Crippen molar-refractivity contribution < 1.29 is 0 Å². The molecule has 1 nitrogen and oxygen atoms in total. The first-order valence-electron chi connectivity index (χ1n) is 1.22. The number of hydrogen-bond donors (Lipinski definition) is 1. The predicted molar refractivity (Wildman–Crippen MR) is 25.6 cm³/mol. The van der Waals surface area contributed by atoms with Crippen LogP contribution in [0, 0.1) is 5.16 Å². The van der Waals surface area contributed by atoms with Crippen LogP contribution in [0.5, 0.6) is 0 Å². The van der Waals surface area contributed by atoms with Gasteiger partial charge in [0.05, 0.1) is 0 Å². The molecule has 0 aliphatic heterocycles. The second-order valence-corrected chi connectivity index (χ2v) is 1.07. The molecule has 3 heteroatoms. The molecule has 0 aromatic carbocycles. The van der Waals surface area contributed by atoms with Crippen molar-refractivity contribution in [2.45, 2.75) is 0 Å². The highest BCUT2D eigenvalue weighted by Gasteiger charge is 1.63. The minimum atomic E-state index is 0.537. The molecule has 5 heavy (non-hydrogen) atoms. The van der Waals surface area contributed by atoms with Crippen molar-refractivity contribution in [3.8, 4) is 0 Å². The third-order valence-corrected chi connectivity index (χ3v) is 0.540. The van der Waals surface area contributed by atoms with Crippen LogP contribution < -0.4 is 0 Å². The molecule has 0 aliphatic rings. The average molecular weight is 83.8 g/mol. The van der Waals surface area contributed by atoms with Crippen LogP contribution in [-0.2, 0) is 0 Å². The third-order valence-electron chi connectivity index (χ3n) is 0.180. The van der Waals surface area contributed by atoms with E-state index in [-0.39, 0.29) is 0 Å². The zero-order valence-corrected chi connectivity index (χ0v) is 3.70. The highest BCUT2D eigenvalue weighted by atomic mass is 31.1. The molecule has 0 amide bonds. The van der Waals surface area contributed by atoms with Gasteiger partial charge in [0.1, 0.15) is 0 Å². The fourth-order valence-corrected chi connectivity index (χ4v) is 0.158. The monoisotopic (exact) mass is 84.0 g/mol. The fourth-order valence-electron chi connectivity index (χ4n) is 0.0527. The molecular weight excluding hydrogens is 79.8 g/mol. The summed E-state index contributed by atoms with van der Waals surface area (Å²) >= 11 is 0. The molecule has 0 atom stereocenters. The Morgan fingerprint density at radius 2 is 2.60 bits per heavy atom. The minimum absolute atomic E-state index is 0.537. The Bertz CT molecular complexity index is 38.9. The zero-order valence-electron chi connectivity index (χ0n) is 2.81. The van der Waals surface area contributed by atoms with Gasteiger partial charge in [-0.05, 0) is 0 Å². The molecule has 1 radical (unpaired) electrons. The third kappa shape index (κ3) is 3.90. The molecule has 25 valence electrons. The Labute approximate surface area is 34.0 Å². The van der Waals surface area contributed by atoms with Crippen LogP contribution in [0.2, 0.25) is 0 Å². The van der Waals surface area contributed by atoms with Gasteiger partial charge >= 0.3 is 0 Å². The Morgan fingerprint density at radius 1 is 2.00 bits per heavy atom. The summed E-state index contributed by atoms with van der Waals surface area (Å²) < 4.78 is 0. The first-order chi connectivity index (χ1) is 2.41. The van der Waals surface area contributed by atoms with E-state index in [1.54, 1.807) is 13.0 Å². The van der Waals surface area contributed by atoms with Gasteiger partial charge in [-0.3, -0.25) is 5.16 Å². The summed E-state index contributed by atoms with van der Waals surface area (Å²) in [6, 6.07) is 0. The summed E-state index contributed by atoms with van der Waals surface area (Å²) in [5.74, 6) is 1.61. The quantitative estimate of drug-likeness (QED) is 0.386. The number of hydrogen-bond acceptors (Lipinski definition) is 1. The van der Waals surface area contributed by atoms with Crippen molar-refractivity contribution in [3.63, 3.8) is 0 Å². The SMILES string of the molecule is C=C[B]P=N. The maximum absolute atomic E-state index is 6.45. The second kappa shape index (κ2) is 3.90. The lowest BCUT2D eigenvalue weighted by molar-refractivity contribution is 1.66. The van der Waals surface area contributed by atoms with Crippen LogP contribution in [0.1, 0.15) is 0 Å². The molecule has 0 aliphatic carbocycles. The Hall–Kier alpha value is -0.0951. The van der Waals surface area contributed by atoms with Crippen molar-refractivity contribution in [1.29, 1.82) is 5.16 Å². The van der Waals surface area contributed by atoms with E-state index in [9.17, 15) is 0 Å². The molecule has 1 N–H and O–H groups in total. The molecule has 0 aromatic rings. The molecule has 0 saturated carbocycles. The molecule has 0 unspecified atom stereocenters. The van der Waals surface area contributed by atoms with Crippen molar-refractivity contribution in [3.05, 3.63) is 12.6 Å². The van der Waals surface area contributed by atoms with Gasteiger partial charge in [-0.15, -0.1) is 12.6 Å². The van der Waals surface area contributed by atoms with Gasteiger partial charge in [0, 0.05) is 0 Å². The van der Waals surface area contributed by atoms with Crippen LogP contribution in [0.15, 0.2) is 12.6 Å². The zero-order chi connectivity index (χ0) is 4.12. The van der Waals surface area contributed by atoms with E-state index in [1.807, 2.05) is 0 Å². The molecule has 0 spiro atoms. The maximum atomic E-state index is 6.45. The molecule has 0 heterocycles. The van der Waals surface area contributed by atoms with Crippen molar-refractivity contribution in [2.24, 2.45) is 0 Å². The van der Waals surface area contributed by atoms with Gasteiger partial charge in [-0.2, -0.15) is 0 Å². The van der Waals surface area contributed by atoms with Crippen molar-refractivity contribution in [2.75, 3.05) is 0 Å². The van der Waals surface area contributed by atoms with Crippen LogP contribution in [0.3, 0.4) is 0 Å². The number of nitrogens with one attached hydrogen (secondary N) is 1. The van der Waals surface area contributed by atoms with E-state index in [0.717, 1.165) is 0 Å². The summed E-state index contributed by atoms with van der Waals surface area (Å²) in [6.45, 7) is 5.02. The van der Waals surface area contributed by atoms with E-state index in [2.05, 4.69) is 6.58 Å². The van der Waals surface area contributed by atoms with Gasteiger partial charge in [0.2, 0.25) is 7.00 Å². The summed E-state index contributed by atoms with van der Waals surface area (Å²) in [4.78, 5) is 0. The molecule has 0 aromatic heterocycles. The van der Waals surface area contributed by atoms with Gasteiger partial charge in [0.15, 0.2) is 0 Å². The van der Waals surface area contributed by atoms with Crippen LogP contribution >= 0.6 is 8.25 Å². The van der Waals surface area contributed by atoms with Gasteiger partial charge in [-0.25, -0.2) is 0 Å². The maximum Gasteiger partial charge on any atom is 0.237 e. The van der Waals surface area contributed by atoms with Crippen molar-refractivity contribution >= 4 is 15.3 Å². The standard InChI is InChI=1S/C2H4BNP/c1-2-3-5-4/h2,4H,1H2. The Balaban J connectivity index is 2.65. The van der Waals surface area contributed by atoms with Gasteiger partial charge in [-0.1, -0.05) is 8.25 Å². The summed E-state index contributed by atoms with van der Waals surface area (Å²) in [6.07, 6.45) is 0. The first kappa shape index (κ1) is 4.90. The molecule has 0 saturated heterocycles. The highest BCUT2D eigenvalue weighted by molar-refractivity contribution is 7.62. The summed E-state index contributed by atoms with van der Waals surface area (Å²) in [7, 11) is 0.537. The largest absolute Gasteiger partial charge is 0.296 e. The van der Waals surface area contributed by atoms with E-state index in [0.29, 0.717) is 8.25 Å². The molecule has 0 rings (SSSR count). The lowest BCUT2D eigenvalue weighted by Gasteiger charge is -1.56. The Morgan fingerprint density at radius 3 is 2.60 bits per heavy atom. The van der Waals surface area contributed by atoms with Gasteiger partial charge < -0.3 is 0 Å². The Kier molecular flexibility index (Phi) is 3.83. The van der Waals surface area contributed by atoms with Crippen molar-refractivity contribution in [1.82, 2.24) is 0 Å². The predicted octanol–water partition coefficient (Wildman–Crippen LogP) is 1.46. The molecule has 0 bridgehead atoms. The smallest absolute Gasteiger partial charge is 0.237 e. The highest BCUT2D eigenvalue weighted by Crippen LogP contribution is 1.83. The normalized spacial score (nSPS) is 7.20. The summed E-state index contributed by atoms with van der Waals surface area (Å²) in [5.41, 5.74) is 0. The van der Waals surface area contributed by atoms with Crippen LogP contribution in [0.4, 0.5) is 0 Å². The van der Waals surface area contributed by atoms with E-state index >= 15 is 0 Å². The van der Waals surface area contributed by atoms with E-state index in [4.69, 9.17) is 5.16 Å². The number of rotatable bonds is 2. The summed E-state index contributed by atoms with van der Waals surface area (Å²) in [5, 5.41) is 6.45. The van der Waals surface area contributed by atoms with Crippen LogP contribution in [0.25, 0.3) is 0 Å². The van der Waals surface area contributed by atoms with E-state index in [1.165, 1.54) is 0 Å². The lowest BCUT2D eigenvalue weighted by atomic mass is 10.1. The van der Waals surface area contributed by atoms with E-state index < -0.39 is 0 Å². The minimum Gasteiger partial charge on any atom is -0.296 e. The molecule has 0 fully saturated rings. The second-order valence-electron chi connectivity index (χ2n) is 0.514. The lowest BCUT2D eigenvalue weighted by Crippen LogP contribution is -1.56.